The van der Waals surface area contributed by atoms with Crippen molar-refractivity contribution >= 4 is 5.91 Å². The average molecular weight is 248 g/mol. The summed E-state index contributed by atoms with van der Waals surface area (Å²) >= 11 is 0. The number of primary amides is 1. The highest BCUT2D eigenvalue weighted by Crippen LogP contribution is 2.20. The Bertz CT molecular complexity index is 420. The van der Waals surface area contributed by atoms with Crippen molar-refractivity contribution in [3.63, 3.8) is 0 Å². The molecular formula is C14H20N2O2. The van der Waals surface area contributed by atoms with Crippen molar-refractivity contribution in [2.24, 2.45) is 11.7 Å². The number of amides is 1. The minimum atomic E-state index is -0.176. The van der Waals surface area contributed by atoms with Crippen LogP contribution in [0.5, 0.6) is 5.75 Å². The van der Waals surface area contributed by atoms with Crippen LogP contribution >= 0.6 is 0 Å². The number of benzene rings is 1. The fourth-order valence-electron chi connectivity index (χ4n) is 2.46. The highest BCUT2D eigenvalue weighted by molar-refractivity contribution is 5.76. The zero-order valence-electron chi connectivity index (χ0n) is 10.8. The highest BCUT2D eigenvalue weighted by atomic mass is 16.5. The number of hydrogen-bond acceptors (Lipinski definition) is 3. The number of nitrogens with two attached hydrogens (primary N) is 1. The Morgan fingerprint density at radius 2 is 2.39 bits per heavy atom. The summed E-state index contributed by atoms with van der Waals surface area (Å²) in [6, 6.07) is 8.04. The first-order chi connectivity index (χ1) is 8.69. The van der Waals surface area contributed by atoms with Gasteiger partial charge >= 0.3 is 0 Å². The lowest BCUT2D eigenvalue weighted by atomic mass is 9.97. The number of likely N-dealkylation sites (tertiary alicyclic amines) is 1. The molecule has 2 N–H and O–H groups in total. The maximum atomic E-state index is 11.2. The van der Waals surface area contributed by atoms with Gasteiger partial charge in [0.1, 0.15) is 5.75 Å². The molecule has 0 spiro atoms. The molecule has 1 heterocycles. The number of methoxy groups -OCH3 is 1. The third-order valence-electron chi connectivity index (χ3n) is 3.45. The second-order valence-corrected chi connectivity index (χ2v) is 4.83. The Morgan fingerprint density at radius 1 is 1.56 bits per heavy atom. The maximum absolute atomic E-state index is 11.2. The fraction of sp³-hybridized carbons (Fsp3) is 0.500. The van der Waals surface area contributed by atoms with Gasteiger partial charge in [0.05, 0.1) is 13.0 Å². The lowest BCUT2D eigenvalue weighted by Gasteiger charge is -2.31. The van der Waals surface area contributed by atoms with E-state index in [0.717, 1.165) is 38.2 Å². The van der Waals surface area contributed by atoms with E-state index in [0.29, 0.717) is 0 Å². The molecule has 1 aliphatic rings. The average Bonchev–Trinajstić information content (AvgIpc) is 2.39. The van der Waals surface area contributed by atoms with Gasteiger partial charge in [0.2, 0.25) is 5.91 Å². The molecule has 1 saturated heterocycles. The minimum Gasteiger partial charge on any atom is -0.497 e. The van der Waals surface area contributed by atoms with Gasteiger partial charge in [-0.05, 0) is 37.1 Å². The molecule has 1 atom stereocenters. The standard InChI is InChI=1S/C14H20N2O2/c1-18-13-6-2-4-11(8-13)9-16-7-3-5-12(10-16)14(15)17/h2,4,6,8,12H,3,5,7,9-10H2,1H3,(H2,15,17). The van der Waals surface area contributed by atoms with Gasteiger partial charge in [0, 0.05) is 13.1 Å². The first-order valence-electron chi connectivity index (χ1n) is 6.33. The number of hydrogen-bond donors (Lipinski definition) is 1. The molecule has 0 bridgehead atoms. The number of piperidine rings is 1. The molecule has 98 valence electrons. The molecule has 18 heavy (non-hydrogen) atoms. The smallest absolute Gasteiger partial charge is 0.221 e. The van der Waals surface area contributed by atoms with Crippen molar-refractivity contribution < 1.29 is 9.53 Å². The normalized spacial score (nSPS) is 20.6. The van der Waals surface area contributed by atoms with Gasteiger partial charge in [-0.3, -0.25) is 9.69 Å². The van der Waals surface area contributed by atoms with Gasteiger partial charge < -0.3 is 10.5 Å². The number of carbonyl (C=O) groups excluding carboxylic acids is 1. The maximum Gasteiger partial charge on any atom is 0.221 e. The van der Waals surface area contributed by atoms with Gasteiger partial charge in [-0.15, -0.1) is 0 Å². The second kappa shape index (κ2) is 5.87. The topological polar surface area (TPSA) is 55.6 Å². The van der Waals surface area contributed by atoms with E-state index in [2.05, 4.69) is 11.0 Å². The summed E-state index contributed by atoms with van der Waals surface area (Å²) in [5.41, 5.74) is 6.59. The first kappa shape index (κ1) is 12.9. The van der Waals surface area contributed by atoms with Crippen LogP contribution in [-0.4, -0.2) is 31.0 Å². The summed E-state index contributed by atoms with van der Waals surface area (Å²) in [5, 5.41) is 0. The lowest BCUT2D eigenvalue weighted by Crippen LogP contribution is -2.40. The molecule has 4 nitrogen and oxygen atoms in total. The zero-order valence-corrected chi connectivity index (χ0v) is 10.8. The van der Waals surface area contributed by atoms with Crippen LogP contribution in [0.25, 0.3) is 0 Å². The molecule has 1 unspecified atom stereocenters. The molecule has 0 radical (unpaired) electrons. The number of ether oxygens (including phenoxy) is 1. The van der Waals surface area contributed by atoms with Crippen LogP contribution < -0.4 is 10.5 Å². The second-order valence-electron chi connectivity index (χ2n) is 4.83. The SMILES string of the molecule is COc1cccc(CN2CCCC(C(N)=O)C2)c1. The summed E-state index contributed by atoms with van der Waals surface area (Å²) in [7, 11) is 1.67. The largest absolute Gasteiger partial charge is 0.497 e. The monoisotopic (exact) mass is 248 g/mol. The van der Waals surface area contributed by atoms with E-state index in [9.17, 15) is 4.79 Å². The Morgan fingerprint density at radius 3 is 3.11 bits per heavy atom. The van der Waals surface area contributed by atoms with Crippen molar-refractivity contribution in [3.8, 4) is 5.75 Å². The third-order valence-corrected chi connectivity index (χ3v) is 3.45. The van der Waals surface area contributed by atoms with Crippen molar-refractivity contribution in [2.75, 3.05) is 20.2 Å². The van der Waals surface area contributed by atoms with E-state index in [1.54, 1.807) is 7.11 Å². The van der Waals surface area contributed by atoms with Crippen LogP contribution in [0.3, 0.4) is 0 Å². The van der Waals surface area contributed by atoms with Gasteiger partial charge in [0.25, 0.3) is 0 Å². The lowest BCUT2D eigenvalue weighted by molar-refractivity contribution is -0.123. The third kappa shape index (κ3) is 3.23. The van der Waals surface area contributed by atoms with E-state index in [1.165, 1.54) is 5.56 Å². The van der Waals surface area contributed by atoms with Crippen molar-refractivity contribution in [3.05, 3.63) is 29.8 Å². The van der Waals surface area contributed by atoms with Crippen LogP contribution in [0, 0.1) is 5.92 Å². The number of nitrogens with zero attached hydrogens (tertiary/aromatic N) is 1. The minimum absolute atomic E-state index is 0.00403. The summed E-state index contributed by atoms with van der Waals surface area (Å²) < 4.78 is 5.21. The van der Waals surface area contributed by atoms with Crippen LogP contribution in [0.1, 0.15) is 18.4 Å². The van der Waals surface area contributed by atoms with Gasteiger partial charge in [-0.2, -0.15) is 0 Å². The molecule has 1 amide bonds. The predicted molar refractivity (Wildman–Crippen MR) is 70.2 cm³/mol. The molecule has 1 aromatic rings. The zero-order chi connectivity index (χ0) is 13.0. The number of rotatable bonds is 4. The van der Waals surface area contributed by atoms with Crippen LogP contribution in [-0.2, 0) is 11.3 Å². The molecule has 1 aromatic carbocycles. The Balaban J connectivity index is 1.97. The van der Waals surface area contributed by atoms with Crippen molar-refractivity contribution in [1.82, 2.24) is 4.90 Å². The van der Waals surface area contributed by atoms with E-state index in [4.69, 9.17) is 10.5 Å². The first-order valence-corrected chi connectivity index (χ1v) is 6.33. The summed E-state index contributed by atoms with van der Waals surface area (Å²) in [4.78, 5) is 13.5. The molecule has 0 saturated carbocycles. The van der Waals surface area contributed by atoms with Crippen LogP contribution in [0.2, 0.25) is 0 Å². The van der Waals surface area contributed by atoms with Crippen LogP contribution in [0.15, 0.2) is 24.3 Å². The molecule has 0 aromatic heterocycles. The fourth-order valence-corrected chi connectivity index (χ4v) is 2.46. The van der Waals surface area contributed by atoms with E-state index in [-0.39, 0.29) is 11.8 Å². The molecule has 4 heteroatoms. The van der Waals surface area contributed by atoms with E-state index in [1.807, 2.05) is 18.2 Å². The molecule has 1 aliphatic heterocycles. The molecule has 2 rings (SSSR count). The van der Waals surface area contributed by atoms with Gasteiger partial charge in [0.15, 0.2) is 0 Å². The predicted octanol–water partition coefficient (Wildman–Crippen LogP) is 1.39. The van der Waals surface area contributed by atoms with Gasteiger partial charge in [-0.1, -0.05) is 12.1 Å². The highest BCUT2D eigenvalue weighted by Gasteiger charge is 2.23. The van der Waals surface area contributed by atoms with E-state index < -0.39 is 0 Å². The molecule has 1 fully saturated rings. The summed E-state index contributed by atoms with van der Waals surface area (Å²) in [5.74, 6) is 0.700. The van der Waals surface area contributed by atoms with E-state index >= 15 is 0 Å². The number of carbonyl (C=O) groups is 1. The molecular weight excluding hydrogens is 228 g/mol. The quantitative estimate of drug-likeness (QED) is 0.876. The Hall–Kier alpha value is -1.55. The molecule has 0 aliphatic carbocycles. The van der Waals surface area contributed by atoms with Crippen molar-refractivity contribution in [1.29, 1.82) is 0 Å². The summed E-state index contributed by atoms with van der Waals surface area (Å²) in [6.45, 7) is 2.65. The Kier molecular flexibility index (Phi) is 4.20. The Labute approximate surface area is 108 Å². The van der Waals surface area contributed by atoms with Gasteiger partial charge in [-0.25, -0.2) is 0 Å². The van der Waals surface area contributed by atoms with Crippen molar-refractivity contribution in [2.45, 2.75) is 19.4 Å². The summed E-state index contributed by atoms with van der Waals surface area (Å²) in [6.07, 6.45) is 1.96. The van der Waals surface area contributed by atoms with Crippen LogP contribution in [0.4, 0.5) is 0 Å².